The van der Waals surface area contributed by atoms with Gasteiger partial charge in [-0.3, -0.25) is 4.79 Å². The van der Waals surface area contributed by atoms with Gasteiger partial charge < -0.3 is 10.2 Å². The molecule has 3 rings (SSSR count). The minimum absolute atomic E-state index is 0.154. The molecule has 1 aliphatic rings. The number of nitrogens with zero attached hydrogens (tertiary/aromatic N) is 5. The van der Waals surface area contributed by atoms with E-state index in [0.717, 1.165) is 36.4 Å². The van der Waals surface area contributed by atoms with E-state index in [1.54, 1.807) is 11.0 Å². The number of tetrazole rings is 1. The molecule has 0 radical (unpaired) electrons. The number of piperidine rings is 1. The van der Waals surface area contributed by atoms with Gasteiger partial charge in [0.2, 0.25) is 5.91 Å². The first-order chi connectivity index (χ1) is 11.1. The van der Waals surface area contributed by atoms with Crippen molar-refractivity contribution in [1.82, 2.24) is 25.1 Å². The van der Waals surface area contributed by atoms with E-state index < -0.39 is 0 Å². The van der Waals surface area contributed by atoms with E-state index in [9.17, 15) is 4.79 Å². The first kappa shape index (κ1) is 15.5. The van der Waals surface area contributed by atoms with Gasteiger partial charge in [0.05, 0.1) is 12.2 Å². The van der Waals surface area contributed by atoms with Crippen LogP contribution in [0.1, 0.15) is 25.3 Å². The summed E-state index contributed by atoms with van der Waals surface area (Å²) in [5.41, 5.74) is 2.86. The minimum Gasteiger partial charge on any atom is -0.376 e. The van der Waals surface area contributed by atoms with Crippen LogP contribution in [0.3, 0.4) is 0 Å². The lowest BCUT2D eigenvalue weighted by molar-refractivity contribution is -0.130. The zero-order chi connectivity index (χ0) is 16.2. The Morgan fingerprint density at radius 3 is 3.04 bits per heavy atom. The Balaban J connectivity index is 1.64. The number of aryl methyl sites for hydroxylation is 1. The Labute approximate surface area is 135 Å². The Kier molecular flexibility index (Phi) is 4.55. The Bertz CT molecular complexity index is 669. The van der Waals surface area contributed by atoms with Crippen LogP contribution in [-0.4, -0.2) is 50.6 Å². The van der Waals surface area contributed by atoms with E-state index in [1.807, 2.05) is 30.0 Å². The van der Waals surface area contributed by atoms with Crippen molar-refractivity contribution in [2.75, 3.05) is 25.0 Å². The van der Waals surface area contributed by atoms with Crippen molar-refractivity contribution in [1.29, 1.82) is 0 Å². The van der Waals surface area contributed by atoms with Crippen molar-refractivity contribution in [3.63, 3.8) is 0 Å². The fourth-order valence-electron chi connectivity index (χ4n) is 2.94. The fourth-order valence-corrected chi connectivity index (χ4v) is 2.94. The highest BCUT2D eigenvalue weighted by Gasteiger charge is 2.20. The van der Waals surface area contributed by atoms with E-state index in [1.165, 1.54) is 6.42 Å². The van der Waals surface area contributed by atoms with Gasteiger partial charge in [-0.15, -0.1) is 5.10 Å². The molecule has 7 nitrogen and oxygen atoms in total. The molecule has 23 heavy (non-hydrogen) atoms. The lowest BCUT2D eigenvalue weighted by Crippen LogP contribution is -2.41. The minimum atomic E-state index is 0.154. The summed E-state index contributed by atoms with van der Waals surface area (Å²) in [6, 6.07) is 5.92. The van der Waals surface area contributed by atoms with Gasteiger partial charge in [-0.1, -0.05) is 13.0 Å². The number of likely N-dealkylation sites (tertiary alicyclic amines) is 1. The van der Waals surface area contributed by atoms with E-state index in [0.29, 0.717) is 12.5 Å². The molecule has 1 aliphatic heterocycles. The molecule has 0 bridgehead atoms. The smallest absolute Gasteiger partial charge is 0.241 e. The zero-order valence-corrected chi connectivity index (χ0v) is 13.6. The average Bonchev–Trinajstić information content (AvgIpc) is 3.08. The van der Waals surface area contributed by atoms with Crippen LogP contribution in [0.4, 0.5) is 5.69 Å². The van der Waals surface area contributed by atoms with Crippen LogP contribution in [-0.2, 0) is 4.79 Å². The summed E-state index contributed by atoms with van der Waals surface area (Å²) >= 11 is 0. The molecule has 1 N–H and O–H groups in total. The van der Waals surface area contributed by atoms with Crippen molar-refractivity contribution in [3.8, 4) is 5.69 Å². The predicted octanol–water partition coefficient (Wildman–Crippen LogP) is 1.64. The fraction of sp³-hybridized carbons (Fsp3) is 0.500. The Morgan fingerprint density at radius 2 is 2.30 bits per heavy atom. The molecule has 7 heteroatoms. The van der Waals surface area contributed by atoms with Gasteiger partial charge in [0.15, 0.2) is 0 Å². The van der Waals surface area contributed by atoms with Gasteiger partial charge in [0.25, 0.3) is 0 Å². The Morgan fingerprint density at radius 1 is 1.43 bits per heavy atom. The molecule has 1 fully saturated rings. The number of nitrogens with one attached hydrogen (secondary N) is 1. The van der Waals surface area contributed by atoms with Gasteiger partial charge in [-0.2, -0.15) is 0 Å². The summed E-state index contributed by atoms with van der Waals surface area (Å²) in [5, 5.41) is 14.5. The summed E-state index contributed by atoms with van der Waals surface area (Å²) in [5.74, 6) is 0.750. The van der Waals surface area contributed by atoms with E-state index >= 15 is 0 Å². The number of benzene rings is 1. The molecule has 0 aliphatic carbocycles. The maximum Gasteiger partial charge on any atom is 0.241 e. The summed E-state index contributed by atoms with van der Waals surface area (Å²) < 4.78 is 1.62. The number of rotatable bonds is 4. The lowest BCUT2D eigenvalue weighted by atomic mass is 10.0. The van der Waals surface area contributed by atoms with Gasteiger partial charge in [0, 0.05) is 18.8 Å². The number of aromatic nitrogens is 4. The maximum absolute atomic E-state index is 12.3. The molecule has 0 saturated carbocycles. The monoisotopic (exact) mass is 314 g/mol. The molecular formula is C16H22N6O. The van der Waals surface area contributed by atoms with Gasteiger partial charge >= 0.3 is 0 Å². The molecule has 1 amide bonds. The largest absolute Gasteiger partial charge is 0.376 e. The van der Waals surface area contributed by atoms with Crippen molar-refractivity contribution in [2.24, 2.45) is 5.92 Å². The number of hydrogen-bond donors (Lipinski definition) is 1. The second-order valence-electron chi connectivity index (χ2n) is 6.20. The molecular weight excluding hydrogens is 292 g/mol. The van der Waals surface area contributed by atoms with E-state index in [2.05, 4.69) is 27.8 Å². The second-order valence-corrected chi connectivity index (χ2v) is 6.20. The van der Waals surface area contributed by atoms with Crippen LogP contribution in [0.2, 0.25) is 0 Å². The second kappa shape index (κ2) is 6.76. The van der Waals surface area contributed by atoms with Crippen LogP contribution in [0.5, 0.6) is 0 Å². The van der Waals surface area contributed by atoms with Crippen LogP contribution < -0.4 is 5.32 Å². The lowest BCUT2D eigenvalue weighted by Gasteiger charge is -2.31. The van der Waals surface area contributed by atoms with Crippen molar-refractivity contribution in [3.05, 3.63) is 30.1 Å². The first-order valence-corrected chi connectivity index (χ1v) is 7.99. The van der Waals surface area contributed by atoms with Crippen LogP contribution in [0, 0.1) is 12.8 Å². The molecule has 1 aromatic heterocycles. The van der Waals surface area contributed by atoms with Crippen LogP contribution >= 0.6 is 0 Å². The number of carbonyl (C=O) groups excluding carboxylic acids is 1. The van der Waals surface area contributed by atoms with Crippen LogP contribution in [0.25, 0.3) is 5.69 Å². The molecule has 2 heterocycles. The highest BCUT2D eigenvalue weighted by molar-refractivity contribution is 5.81. The SMILES string of the molecule is Cc1ccc(NCC(=O)N2CCC[C@H](C)C2)cc1-n1cnnn1. The molecule has 1 atom stereocenters. The van der Waals surface area contributed by atoms with E-state index in [-0.39, 0.29) is 5.91 Å². The predicted molar refractivity (Wildman–Crippen MR) is 87.4 cm³/mol. The number of carbonyl (C=O) groups is 1. The normalized spacial score (nSPS) is 18.0. The highest BCUT2D eigenvalue weighted by atomic mass is 16.2. The van der Waals surface area contributed by atoms with Gasteiger partial charge in [-0.25, -0.2) is 4.68 Å². The maximum atomic E-state index is 12.3. The third kappa shape index (κ3) is 3.67. The molecule has 122 valence electrons. The average molecular weight is 314 g/mol. The summed E-state index contributed by atoms with van der Waals surface area (Å²) in [4.78, 5) is 14.3. The van der Waals surface area contributed by atoms with Crippen LogP contribution in [0.15, 0.2) is 24.5 Å². The summed E-state index contributed by atoms with van der Waals surface area (Å²) in [7, 11) is 0. The first-order valence-electron chi connectivity index (χ1n) is 7.99. The number of hydrogen-bond acceptors (Lipinski definition) is 5. The van der Waals surface area contributed by atoms with Gasteiger partial charge in [0.1, 0.15) is 6.33 Å². The highest BCUT2D eigenvalue weighted by Crippen LogP contribution is 2.19. The number of anilines is 1. The quantitative estimate of drug-likeness (QED) is 0.928. The third-order valence-corrected chi connectivity index (χ3v) is 4.26. The molecule has 1 aromatic carbocycles. The Hall–Kier alpha value is -2.44. The molecule has 2 aromatic rings. The number of amides is 1. The van der Waals surface area contributed by atoms with Crippen molar-refractivity contribution >= 4 is 11.6 Å². The standard InChI is InChI=1S/C16H22N6O/c1-12-4-3-7-21(10-12)16(23)9-17-14-6-5-13(2)15(8-14)22-11-18-19-20-22/h5-6,8,11-12,17H,3-4,7,9-10H2,1-2H3/t12-/m0/s1. The molecule has 1 saturated heterocycles. The van der Waals surface area contributed by atoms with Crippen molar-refractivity contribution < 1.29 is 4.79 Å². The molecule has 0 spiro atoms. The third-order valence-electron chi connectivity index (χ3n) is 4.26. The zero-order valence-electron chi connectivity index (χ0n) is 13.6. The molecule has 0 unspecified atom stereocenters. The van der Waals surface area contributed by atoms with E-state index in [4.69, 9.17) is 0 Å². The summed E-state index contributed by atoms with van der Waals surface area (Å²) in [6.07, 6.45) is 3.87. The topological polar surface area (TPSA) is 75.9 Å². The van der Waals surface area contributed by atoms with Crippen molar-refractivity contribution in [2.45, 2.75) is 26.7 Å². The summed E-state index contributed by atoms with van der Waals surface area (Å²) in [6.45, 7) is 6.25. The van der Waals surface area contributed by atoms with Gasteiger partial charge in [-0.05, 0) is 53.8 Å².